The lowest BCUT2D eigenvalue weighted by atomic mass is 10.0. The molecule has 8 heteroatoms. The molecular formula is C24H23Cl2NO4S. The number of nitrogens with zero attached hydrogens (tertiary/aromatic N) is 1. The second-order valence-electron chi connectivity index (χ2n) is 7.07. The largest absolute Gasteiger partial charge is 0.493 e. The fourth-order valence-corrected chi connectivity index (χ4v) is 4.43. The van der Waals surface area contributed by atoms with Crippen LogP contribution in [0.3, 0.4) is 0 Å². The molecule has 2 amide bonds. The normalized spacial score (nSPS) is 14.9. The second-order valence-corrected chi connectivity index (χ2v) is 8.88. The topological polar surface area (TPSA) is 55.8 Å². The molecule has 1 aliphatic rings. The van der Waals surface area contributed by atoms with Crippen molar-refractivity contribution >= 4 is 52.2 Å². The number of imide groups is 1. The number of rotatable bonds is 9. The minimum atomic E-state index is -0.272. The standard InChI is InChI=1S/C24H23Cl2NO4S/c1-4-6-17-10-16(13-21-23(28)27(9-5-2)24(29)32-21)12-20(30-3)22(17)31-14-15-7-8-18(25)19(26)11-15/h4,7-8,10-13H,1,5-6,9,14H2,2-3H3/b21-13+. The number of carbonyl (C=O) groups excluding carboxylic acids is 2. The zero-order valence-electron chi connectivity index (χ0n) is 17.8. The fourth-order valence-electron chi connectivity index (χ4n) is 3.24. The zero-order chi connectivity index (χ0) is 23.3. The minimum absolute atomic E-state index is 0.247. The highest BCUT2D eigenvalue weighted by molar-refractivity contribution is 8.18. The molecule has 2 aromatic carbocycles. The molecule has 0 aromatic heterocycles. The number of amides is 2. The van der Waals surface area contributed by atoms with Crippen molar-refractivity contribution in [1.29, 1.82) is 0 Å². The minimum Gasteiger partial charge on any atom is -0.493 e. The summed E-state index contributed by atoms with van der Waals surface area (Å²) < 4.78 is 11.6. The van der Waals surface area contributed by atoms with Gasteiger partial charge in [0.15, 0.2) is 11.5 Å². The average molecular weight is 492 g/mol. The van der Waals surface area contributed by atoms with Gasteiger partial charge >= 0.3 is 0 Å². The third kappa shape index (κ3) is 5.49. The van der Waals surface area contributed by atoms with Crippen LogP contribution in [-0.4, -0.2) is 29.7 Å². The first kappa shape index (κ1) is 24.2. The maximum absolute atomic E-state index is 12.6. The van der Waals surface area contributed by atoms with E-state index in [4.69, 9.17) is 32.7 Å². The highest BCUT2D eigenvalue weighted by Crippen LogP contribution is 2.37. The molecule has 168 valence electrons. The van der Waals surface area contributed by atoms with E-state index in [0.717, 1.165) is 28.5 Å². The van der Waals surface area contributed by atoms with Gasteiger partial charge in [-0.05, 0) is 66.1 Å². The maximum atomic E-state index is 12.6. The molecule has 32 heavy (non-hydrogen) atoms. The number of thioether (sulfide) groups is 1. The SMILES string of the molecule is C=CCc1cc(/C=C2/SC(=O)N(CCC)C2=O)cc(OC)c1OCc1ccc(Cl)c(Cl)c1. The van der Waals surface area contributed by atoms with Crippen molar-refractivity contribution in [3.8, 4) is 11.5 Å². The van der Waals surface area contributed by atoms with Gasteiger partial charge in [-0.2, -0.15) is 0 Å². The van der Waals surface area contributed by atoms with Crippen LogP contribution >= 0.6 is 35.0 Å². The number of hydrogen-bond acceptors (Lipinski definition) is 5. The smallest absolute Gasteiger partial charge is 0.293 e. The molecule has 0 atom stereocenters. The van der Waals surface area contributed by atoms with Crippen LogP contribution in [0.1, 0.15) is 30.0 Å². The van der Waals surface area contributed by atoms with Gasteiger partial charge in [-0.25, -0.2) is 0 Å². The Morgan fingerprint density at radius 2 is 1.94 bits per heavy atom. The molecular weight excluding hydrogens is 469 g/mol. The second kappa shape index (κ2) is 10.9. The Hall–Kier alpha value is -2.41. The summed E-state index contributed by atoms with van der Waals surface area (Å²) in [4.78, 5) is 26.4. The predicted molar refractivity (Wildman–Crippen MR) is 131 cm³/mol. The lowest BCUT2D eigenvalue weighted by molar-refractivity contribution is -0.122. The van der Waals surface area contributed by atoms with Gasteiger partial charge in [0, 0.05) is 12.1 Å². The number of benzene rings is 2. The van der Waals surface area contributed by atoms with Gasteiger partial charge in [0.05, 0.1) is 22.1 Å². The van der Waals surface area contributed by atoms with E-state index < -0.39 is 0 Å². The number of halogens is 2. The van der Waals surface area contributed by atoms with E-state index in [1.165, 1.54) is 4.90 Å². The van der Waals surface area contributed by atoms with Gasteiger partial charge in [0.2, 0.25) is 0 Å². The molecule has 1 fully saturated rings. The van der Waals surface area contributed by atoms with Gasteiger partial charge in [0.1, 0.15) is 6.61 Å². The quantitative estimate of drug-likeness (QED) is 0.286. The summed E-state index contributed by atoms with van der Waals surface area (Å²) in [6.07, 6.45) is 4.72. The third-order valence-corrected chi connectivity index (χ3v) is 6.37. The monoisotopic (exact) mass is 491 g/mol. The van der Waals surface area contributed by atoms with E-state index in [9.17, 15) is 9.59 Å². The van der Waals surface area contributed by atoms with Crippen molar-refractivity contribution in [2.24, 2.45) is 0 Å². The Morgan fingerprint density at radius 3 is 2.59 bits per heavy atom. The molecule has 5 nitrogen and oxygen atoms in total. The van der Waals surface area contributed by atoms with Crippen LogP contribution in [0.15, 0.2) is 47.9 Å². The summed E-state index contributed by atoms with van der Waals surface area (Å²) in [5, 5.41) is 0.689. The van der Waals surface area contributed by atoms with Crippen LogP contribution in [0.25, 0.3) is 6.08 Å². The van der Waals surface area contributed by atoms with E-state index >= 15 is 0 Å². The van der Waals surface area contributed by atoms with Crippen LogP contribution in [0.2, 0.25) is 10.0 Å². The van der Waals surface area contributed by atoms with E-state index in [2.05, 4.69) is 6.58 Å². The molecule has 0 spiro atoms. The van der Waals surface area contributed by atoms with Crippen LogP contribution in [0.4, 0.5) is 4.79 Å². The van der Waals surface area contributed by atoms with Crippen molar-refractivity contribution in [1.82, 2.24) is 4.90 Å². The van der Waals surface area contributed by atoms with Gasteiger partial charge < -0.3 is 9.47 Å². The number of methoxy groups -OCH3 is 1. The average Bonchev–Trinajstić information content (AvgIpc) is 3.03. The van der Waals surface area contributed by atoms with Crippen LogP contribution < -0.4 is 9.47 Å². The molecule has 0 N–H and O–H groups in total. The zero-order valence-corrected chi connectivity index (χ0v) is 20.1. The highest BCUT2D eigenvalue weighted by Gasteiger charge is 2.34. The number of ether oxygens (including phenoxy) is 2. The molecule has 1 heterocycles. The Balaban J connectivity index is 1.91. The lowest BCUT2D eigenvalue weighted by Crippen LogP contribution is -2.28. The van der Waals surface area contributed by atoms with Gasteiger partial charge in [0.25, 0.3) is 11.1 Å². The first-order valence-corrected chi connectivity index (χ1v) is 11.6. The van der Waals surface area contributed by atoms with E-state index in [0.29, 0.717) is 45.8 Å². The van der Waals surface area contributed by atoms with Crippen molar-refractivity contribution in [2.45, 2.75) is 26.4 Å². The van der Waals surface area contributed by atoms with Crippen molar-refractivity contribution < 1.29 is 19.1 Å². The first-order chi connectivity index (χ1) is 15.4. The molecule has 1 saturated heterocycles. The summed E-state index contributed by atoms with van der Waals surface area (Å²) >= 11 is 13.0. The molecule has 0 radical (unpaired) electrons. The summed E-state index contributed by atoms with van der Waals surface area (Å²) in [6.45, 7) is 6.43. The molecule has 0 saturated carbocycles. The number of hydrogen-bond donors (Lipinski definition) is 0. The molecule has 2 aromatic rings. The van der Waals surface area contributed by atoms with Gasteiger partial charge in [-0.15, -0.1) is 6.58 Å². The van der Waals surface area contributed by atoms with Gasteiger partial charge in [-0.3, -0.25) is 14.5 Å². The van der Waals surface area contributed by atoms with Crippen molar-refractivity contribution in [3.05, 3.63) is 74.6 Å². The third-order valence-electron chi connectivity index (χ3n) is 4.72. The Bertz CT molecular complexity index is 1080. The molecule has 0 bridgehead atoms. The van der Waals surface area contributed by atoms with E-state index in [1.54, 1.807) is 37.5 Å². The van der Waals surface area contributed by atoms with Crippen LogP contribution in [-0.2, 0) is 17.8 Å². The summed E-state index contributed by atoms with van der Waals surface area (Å²) in [5.74, 6) is 0.823. The molecule has 1 aliphatic heterocycles. The highest BCUT2D eigenvalue weighted by atomic mass is 35.5. The van der Waals surface area contributed by atoms with E-state index in [-0.39, 0.29) is 17.8 Å². The van der Waals surface area contributed by atoms with E-state index in [1.807, 2.05) is 19.1 Å². The van der Waals surface area contributed by atoms with Crippen molar-refractivity contribution in [2.75, 3.05) is 13.7 Å². The number of carbonyl (C=O) groups is 2. The molecule has 0 aliphatic carbocycles. The predicted octanol–water partition coefficient (Wildman–Crippen LogP) is 6.76. The van der Waals surface area contributed by atoms with Crippen LogP contribution in [0, 0.1) is 0 Å². The Kier molecular flexibility index (Phi) is 8.29. The summed E-state index contributed by atoms with van der Waals surface area (Å²) in [5.41, 5.74) is 2.45. The van der Waals surface area contributed by atoms with Crippen molar-refractivity contribution in [3.63, 3.8) is 0 Å². The maximum Gasteiger partial charge on any atom is 0.293 e. The summed E-state index contributed by atoms with van der Waals surface area (Å²) in [6, 6.07) is 9.00. The number of allylic oxidation sites excluding steroid dienone is 1. The Labute approximate surface area is 202 Å². The van der Waals surface area contributed by atoms with Gasteiger partial charge in [-0.1, -0.05) is 42.3 Å². The first-order valence-electron chi connectivity index (χ1n) is 10.0. The Morgan fingerprint density at radius 1 is 1.16 bits per heavy atom. The lowest BCUT2D eigenvalue weighted by Gasteiger charge is -2.16. The fraction of sp³-hybridized carbons (Fsp3) is 0.250. The molecule has 0 unspecified atom stereocenters. The van der Waals surface area contributed by atoms with Crippen LogP contribution in [0.5, 0.6) is 11.5 Å². The summed E-state index contributed by atoms with van der Waals surface area (Å²) in [7, 11) is 1.55. The molecule has 3 rings (SSSR count).